The molecule has 2 N–H and O–H groups in total. The van der Waals surface area contributed by atoms with Crippen LogP contribution in [0.3, 0.4) is 0 Å². The van der Waals surface area contributed by atoms with Gasteiger partial charge in [-0.2, -0.15) is 0 Å². The molecule has 0 spiro atoms. The molecular weight excluding hydrogens is 152 g/mol. The van der Waals surface area contributed by atoms with Gasteiger partial charge in [-0.25, -0.2) is 4.98 Å². The van der Waals surface area contributed by atoms with Gasteiger partial charge in [0, 0.05) is 6.20 Å². The fraction of sp³-hybridized carbons (Fsp3) is 0.667. The highest BCUT2D eigenvalue weighted by Gasteiger charge is 1.98. The average Bonchev–Trinajstić information content (AvgIpc) is 2.53. The van der Waals surface area contributed by atoms with Gasteiger partial charge < -0.3 is 10.1 Å². The molecule has 0 aliphatic heterocycles. The third-order valence-electron chi connectivity index (χ3n) is 1.87. The molecule has 1 rings (SSSR count). The molecule has 0 amide bonds. The first kappa shape index (κ1) is 9.26. The summed E-state index contributed by atoms with van der Waals surface area (Å²) in [7, 11) is 0. The largest absolute Gasteiger partial charge is 0.388 e. The van der Waals surface area contributed by atoms with Crippen LogP contribution in [0.4, 0.5) is 0 Å². The summed E-state index contributed by atoms with van der Waals surface area (Å²) >= 11 is 0. The Kier molecular flexibility index (Phi) is 3.80. The Morgan fingerprint density at radius 1 is 1.50 bits per heavy atom. The van der Waals surface area contributed by atoms with Crippen LogP contribution in [0, 0.1) is 0 Å². The Balaban J connectivity index is 2.31. The maximum absolute atomic E-state index is 8.73. The molecule has 1 aromatic heterocycles. The Morgan fingerprint density at radius 2 is 2.33 bits per heavy atom. The molecule has 0 aromatic carbocycles. The fourth-order valence-corrected chi connectivity index (χ4v) is 1.17. The number of aryl methyl sites for hydroxylation is 1. The smallest absolute Gasteiger partial charge is 0.132 e. The summed E-state index contributed by atoms with van der Waals surface area (Å²) < 4.78 is 0. The Morgan fingerprint density at radius 3 is 2.92 bits per heavy atom. The van der Waals surface area contributed by atoms with Crippen LogP contribution in [0.2, 0.25) is 0 Å². The van der Waals surface area contributed by atoms with Crippen molar-refractivity contribution >= 4 is 0 Å². The van der Waals surface area contributed by atoms with Crippen molar-refractivity contribution < 1.29 is 5.11 Å². The van der Waals surface area contributed by atoms with Gasteiger partial charge in [0.15, 0.2) is 0 Å². The molecule has 0 fully saturated rings. The van der Waals surface area contributed by atoms with Crippen LogP contribution in [0.5, 0.6) is 0 Å². The molecule has 0 unspecified atom stereocenters. The molecule has 1 aromatic rings. The summed E-state index contributed by atoms with van der Waals surface area (Å²) in [5.74, 6) is 0.668. The molecule has 0 saturated heterocycles. The minimum absolute atomic E-state index is 0.00772. The number of hydrogen-bond donors (Lipinski definition) is 2. The van der Waals surface area contributed by atoms with Crippen molar-refractivity contribution in [2.45, 2.75) is 39.2 Å². The topological polar surface area (TPSA) is 48.9 Å². The monoisotopic (exact) mass is 168 g/mol. The highest BCUT2D eigenvalue weighted by Crippen LogP contribution is 2.04. The Hall–Kier alpha value is -0.830. The van der Waals surface area contributed by atoms with Crippen molar-refractivity contribution in [2.75, 3.05) is 0 Å². The van der Waals surface area contributed by atoms with E-state index in [0.29, 0.717) is 5.82 Å². The summed E-state index contributed by atoms with van der Waals surface area (Å²) in [6, 6.07) is 0. The van der Waals surface area contributed by atoms with E-state index in [0.717, 1.165) is 12.1 Å². The van der Waals surface area contributed by atoms with E-state index in [9.17, 15) is 0 Å². The molecule has 0 aliphatic carbocycles. The van der Waals surface area contributed by atoms with Crippen LogP contribution in [0.15, 0.2) is 6.20 Å². The van der Waals surface area contributed by atoms with Crippen LogP contribution in [0.1, 0.15) is 37.7 Å². The molecule has 0 saturated carbocycles. The van der Waals surface area contributed by atoms with E-state index in [1.54, 1.807) is 0 Å². The molecule has 68 valence electrons. The predicted molar refractivity (Wildman–Crippen MR) is 47.7 cm³/mol. The Labute approximate surface area is 72.8 Å². The van der Waals surface area contributed by atoms with Crippen LogP contribution in [-0.2, 0) is 13.0 Å². The summed E-state index contributed by atoms with van der Waals surface area (Å²) in [6.45, 7) is 2.19. The number of H-pyrrole nitrogens is 1. The van der Waals surface area contributed by atoms with Crippen molar-refractivity contribution in [3.05, 3.63) is 17.7 Å². The van der Waals surface area contributed by atoms with Crippen LogP contribution < -0.4 is 0 Å². The van der Waals surface area contributed by atoms with Gasteiger partial charge in [0.2, 0.25) is 0 Å². The third kappa shape index (κ3) is 2.66. The van der Waals surface area contributed by atoms with Gasteiger partial charge >= 0.3 is 0 Å². The number of imidazole rings is 1. The standard InChI is InChI=1S/C9H16N2O/c1-2-3-4-5-8-6-10-9(7-12)11-8/h6,12H,2-5,7H2,1H3,(H,10,11). The average molecular weight is 168 g/mol. The van der Waals surface area contributed by atoms with Crippen molar-refractivity contribution in [2.24, 2.45) is 0 Å². The van der Waals surface area contributed by atoms with Crippen molar-refractivity contribution in [3.8, 4) is 0 Å². The van der Waals surface area contributed by atoms with Gasteiger partial charge in [-0.15, -0.1) is 0 Å². The fourth-order valence-electron chi connectivity index (χ4n) is 1.17. The number of aliphatic hydroxyl groups excluding tert-OH is 1. The van der Waals surface area contributed by atoms with Gasteiger partial charge in [-0.05, 0) is 12.8 Å². The number of unbranched alkanes of at least 4 members (excludes halogenated alkanes) is 2. The zero-order valence-corrected chi connectivity index (χ0v) is 7.51. The lowest BCUT2D eigenvalue weighted by atomic mass is 10.2. The number of hydrogen-bond acceptors (Lipinski definition) is 2. The van der Waals surface area contributed by atoms with Crippen molar-refractivity contribution in [1.29, 1.82) is 0 Å². The minimum atomic E-state index is 0.00772. The number of aliphatic hydroxyl groups is 1. The van der Waals surface area contributed by atoms with Crippen LogP contribution >= 0.6 is 0 Å². The molecular formula is C9H16N2O. The zero-order valence-electron chi connectivity index (χ0n) is 7.51. The van der Waals surface area contributed by atoms with Gasteiger partial charge in [-0.1, -0.05) is 19.8 Å². The summed E-state index contributed by atoms with van der Waals surface area (Å²) in [4.78, 5) is 7.12. The molecule has 0 aliphatic rings. The van der Waals surface area contributed by atoms with Gasteiger partial charge in [0.05, 0.1) is 5.69 Å². The molecule has 0 radical (unpaired) electrons. The second kappa shape index (κ2) is 4.93. The van der Waals surface area contributed by atoms with E-state index in [4.69, 9.17) is 5.11 Å². The lowest BCUT2D eigenvalue weighted by Gasteiger charge is -1.93. The highest BCUT2D eigenvalue weighted by molar-refractivity contribution is 5.00. The zero-order chi connectivity index (χ0) is 8.81. The predicted octanol–water partition coefficient (Wildman–Crippen LogP) is 1.63. The van der Waals surface area contributed by atoms with Crippen LogP contribution in [-0.4, -0.2) is 15.1 Å². The summed E-state index contributed by atoms with van der Waals surface area (Å²) in [6.07, 6.45) is 6.57. The Bertz CT molecular complexity index is 220. The maximum Gasteiger partial charge on any atom is 0.132 e. The first-order valence-electron chi connectivity index (χ1n) is 4.51. The molecule has 0 bridgehead atoms. The SMILES string of the molecule is CCCCCc1c[nH]c(CO)n1. The lowest BCUT2D eigenvalue weighted by molar-refractivity contribution is 0.272. The minimum Gasteiger partial charge on any atom is -0.388 e. The van der Waals surface area contributed by atoms with E-state index >= 15 is 0 Å². The summed E-state index contributed by atoms with van der Waals surface area (Å²) in [5, 5.41) is 8.73. The van der Waals surface area contributed by atoms with E-state index in [1.807, 2.05) is 6.20 Å². The van der Waals surface area contributed by atoms with Crippen molar-refractivity contribution in [1.82, 2.24) is 9.97 Å². The summed E-state index contributed by atoms with van der Waals surface area (Å²) in [5.41, 5.74) is 1.06. The number of aromatic nitrogens is 2. The van der Waals surface area contributed by atoms with Gasteiger partial charge in [0.1, 0.15) is 12.4 Å². The van der Waals surface area contributed by atoms with Crippen LogP contribution in [0.25, 0.3) is 0 Å². The molecule has 3 heteroatoms. The van der Waals surface area contributed by atoms with E-state index in [1.165, 1.54) is 19.3 Å². The normalized spacial score (nSPS) is 10.5. The second-order valence-corrected chi connectivity index (χ2v) is 2.95. The molecule has 3 nitrogen and oxygen atoms in total. The number of nitrogens with zero attached hydrogens (tertiary/aromatic N) is 1. The van der Waals surface area contributed by atoms with Crippen molar-refractivity contribution in [3.63, 3.8) is 0 Å². The quantitative estimate of drug-likeness (QED) is 0.656. The number of aromatic amines is 1. The first-order valence-corrected chi connectivity index (χ1v) is 4.51. The third-order valence-corrected chi connectivity index (χ3v) is 1.87. The van der Waals surface area contributed by atoms with E-state index in [2.05, 4.69) is 16.9 Å². The van der Waals surface area contributed by atoms with Gasteiger partial charge in [-0.3, -0.25) is 0 Å². The van der Waals surface area contributed by atoms with E-state index < -0.39 is 0 Å². The van der Waals surface area contributed by atoms with Gasteiger partial charge in [0.25, 0.3) is 0 Å². The lowest BCUT2D eigenvalue weighted by Crippen LogP contribution is -1.88. The highest BCUT2D eigenvalue weighted by atomic mass is 16.3. The molecule has 0 atom stereocenters. The molecule has 12 heavy (non-hydrogen) atoms. The second-order valence-electron chi connectivity index (χ2n) is 2.95. The first-order chi connectivity index (χ1) is 5.86. The van der Waals surface area contributed by atoms with E-state index in [-0.39, 0.29) is 6.61 Å². The molecule has 1 heterocycles. The maximum atomic E-state index is 8.73. The number of rotatable bonds is 5. The number of nitrogens with one attached hydrogen (secondary N) is 1.